The lowest BCUT2D eigenvalue weighted by atomic mass is 9.44. The molecule has 0 aliphatic heterocycles. The van der Waals surface area contributed by atoms with Gasteiger partial charge >= 0.3 is 0 Å². The van der Waals surface area contributed by atoms with Gasteiger partial charge in [-0.25, -0.2) is 0 Å². The molecule has 0 nitrogen and oxygen atoms in total. The Kier molecular flexibility index (Phi) is 7.85. The maximum absolute atomic E-state index is 4.54. The van der Waals surface area contributed by atoms with Crippen LogP contribution in [0.4, 0.5) is 0 Å². The number of hydrogen-bond donors (Lipinski definition) is 0. The van der Waals surface area contributed by atoms with Gasteiger partial charge in [0.15, 0.2) is 0 Å². The van der Waals surface area contributed by atoms with Gasteiger partial charge in [0.2, 0.25) is 0 Å². The van der Waals surface area contributed by atoms with E-state index in [9.17, 15) is 0 Å². The first kappa shape index (κ1) is 22.8. The summed E-state index contributed by atoms with van der Waals surface area (Å²) >= 11 is 0. The van der Waals surface area contributed by atoms with Crippen molar-refractivity contribution in [2.24, 2.45) is 46.3 Å². The van der Waals surface area contributed by atoms with Crippen molar-refractivity contribution < 1.29 is 0 Å². The molecule has 1 saturated carbocycles. The van der Waals surface area contributed by atoms with Gasteiger partial charge in [-0.15, -0.1) is 0 Å². The zero-order valence-corrected chi connectivity index (χ0v) is 19.2. The number of allylic oxidation sites excluding steroid dienone is 1. The summed E-state index contributed by atoms with van der Waals surface area (Å²) in [6.45, 7) is 29.4. The minimum Gasteiger partial charge on any atom is -0.0996 e. The van der Waals surface area contributed by atoms with Crippen LogP contribution in [-0.4, -0.2) is 0 Å². The number of rotatable bonds is 8. The predicted molar refractivity (Wildman–Crippen MR) is 115 cm³/mol. The third kappa shape index (κ3) is 3.89. The lowest BCUT2D eigenvalue weighted by Gasteiger charge is -2.61. The molecule has 1 aliphatic rings. The Morgan fingerprint density at radius 3 is 2.12 bits per heavy atom. The Bertz CT molecular complexity index is 431. The summed E-state index contributed by atoms with van der Waals surface area (Å²) < 4.78 is 0. The summed E-state index contributed by atoms with van der Waals surface area (Å²) in [6.07, 6.45) is 6.50. The maximum Gasteiger partial charge on any atom is -0.0203 e. The van der Waals surface area contributed by atoms with Gasteiger partial charge in [-0.1, -0.05) is 101 Å². The highest BCUT2D eigenvalue weighted by Crippen LogP contribution is 2.63. The van der Waals surface area contributed by atoms with Crippen molar-refractivity contribution >= 4 is 0 Å². The van der Waals surface area contributed by atoms with E-state index in [-0.39, 0.29) is 0 Å². The fourth-order valence-electron chi connectivity index (χ4n) is 6.52. The topological polar surface area (TPSA) is 0 Å². The summed E-state index contributed by atoms with van der Waals surface area (Å²) in [5, 5.41) is 0. The molecule has 0 aromatic heterocycles. The minimum absolute atomic E-state index is 0.375. The van der Waals surface area contributed by atoms with E-state index in [4.69, 9.17) is 0 Å². The van der Waals surface area contributed by atoms with E-state index < -0.39 is 0 Å². The Hall–Kier alpha value is -0.260. The van der Waals surface area contributed by atoms with Crippen LogP contribution in [0, 0.1) is 46.3 Å². The molecule has 0 heteroatoms. The molecular weight excluding hydrogens is 300 g/mol. The first-order valence-corrected chi connectivity index (χ1v) is 11.2. The normalized spacial score (nSPS) is 32.7. The van der Waals surface area contributed by atoms with Crippen molar-refractivity contribution in [3.63, 3.8) is 0 Å². The molecule has 0 amide bonds. The molecular formula is C25H48. The fraction of sp³-hybridized carbons (Fsp3) is 0.920. The quantitative estimate of drug-likeness (QED) is 0.386. The third-order valence-electron chi connectivity index (χ3n) is 9.18. The van der Waals surface area contributed by atoms with Crippen LogP contribution in [0.5, 0.6) is 0 Å². The van der Waals surface area contributed by atoms with E-state index in [1.165, 1.54) is 37.7 Å². The molecule has 7 atom stereocenters. The summed E-state index contributed by atoms with van der Waals surface area (Å²) in [5.41, 5.74) is 2.31. The van der Waals surface area contributed by atoms with Crippen molar-refractivity contribution in [2.45, 2.75) is 101 Å². The SMILES string of the molecule is C=C1CC(C(CC)(C(C)CCC)C(C)C(C)CC)C(C)(C)C(C)C1C. The average Bonchev–Trinajstić information content (AvgIpc) is 2.58. The lowest BCUT2D eigenvalue weighted by molar-refractivity contribution is -0.105. The Labute approximate surface area is 160 Å². The molecule has 0 saturated heterocycles. The van der Waals surface area contributed by atoms with E-state index in [2.05, 4.69) is 75.8 Å². The first-order valence-electron chi connectivity index (χ1n) is 11.2. The fourth-order valence-corrected chi connectivity index (χ4v) is 6.52. The molecule has 0 aromatic carbocycles. The van der Waals surface area contributed by atoms with E-state index in [0.29, 0.717) is 22.7 Å². The van der Waals surface area contributed by atoms with Gasteiger partial charge in [0.25, 0.3) is 0 Å². The van der Waals surface area contributed by atoms with Crippen LogP contribution in [0.2, 0.25) is 0 Å². The van der Waals surface area contributed by atoms with Gasteiger partial charge in [0.05, 0.1) is 0 Å². The van der Waals surface area contributed by atoms with Crippen LogP contribution in [-0.2, 0) is 0 Å². The molecule has 148 valence electrons. The maximum atomic E-state index is 4.54. The van der Waals surface area contributed by atoms with Crippen molar-refractivity contribution in [2.75, 3.05) is 0 Å². The van der Waals surface area contributed by atoms with Gasteiger partial charge in [-0.3, -0.25) is 0 Å². The predicted octanol–water partition coefficient (Wildman–Crippen LogP) is 8.38. The highest BCUT2D eigenvalue weighted by Gasteiger charge is 2.55. The monoisotopic (exact) mass is 348 g/mol. The Balaban J connectivity index is 3.51. The molecule has 0 bridgehead atoms. The molecule has 1 rings (SSSR count). The highest BCUT2D eigenvalue weighted by atomic mass is 14.6. The molecule has 0 radical (unpaired) electrons. The molecule has 25 heavy (non-hydrogen) atoms. The van der Waals surface area contributed by atoms with Crippen molar-refractivity contribution in [3.05, 3.63) is 12.2 Å². The third-order valence-corrected chi connectivity index (χ3v) is 9.18. The van der Waals surface area contributed by atoms with Gasteiger partial charge < -0.3 is 0 Å². The lowest BCUT2D eigenvalue weighted by Crippen LogP contribution is -2.54. The number of hydrogen-bond acceptors (Lipinski definition) is 0. The smallest absolute Gasteiger partial charge is 0.0203 e. The zero-order valence-electron chi connectivity index (χ0n) is 19.2. The molecule has 1 fully saturated rings. The molecule has 0 N–H and O–H groups in total. The van der Waals surface area contributed by atoms with Crippen LogP contribution in [0.25, 0.3) is 0 Å². The average molecular weight is 349 g/mol. The minimum atomic E-state index is 0.375. The largest absolute Gasteiger partial charge is 0.0996 e. The molecule has 0 heterocycles. The second-order valence-corrected chi connectivity index (χ2v) is 10.1. The highest BCUT2D eigenvalue weighted by molar-refractivity contribution is 5.15. The van der Waals surface area contributed by atoms with Crippen LogP contribution in [0.15, 0.2) is 12.2 Å². The summed E-state index contributed by atoms with van der Waals surface area (Å²) in [7, 11) is 0. The van der Waals surface area contributed by atoms with Gasteiger partial charge in [-0.05, 0) is 59.2 Å². The second kappa shape index (κ2) is 8.62. The van der Waals surface area contributed by atoms with Gasteiger partial charge in [-0.2, -0.15) is 0 Å². The van der Waals surface area contributed by atoms with E-state index in [1.807, 2.05) is 0 Å². The first-order chi connectivity index (χ1) is 11.5. The van der Waals surface area contributed by atoms with Gasteiger partial charge in [0.1, 0.15) is 0 Å². The van der Waals surface area contributed by atoms with Crippen LogP contribution >= 0.6 is 0 Å². The summed E-state index contributed by atoms with van der Waals surface area (Å²) in [5.74, 6) is 4.45. The van der Waals surface area contributed by atoms with E-state index in [0.717, 1.165) is 23.7 Å². The summed E-state index contributed by atoms with van der Waals surface area (Å²) in [6, 6.07) is 0. The molecule has 7 unspecified atom stereocenters. The van der Waals surface area contributed by atoms with Crippen LogP contribution in [0.1, 0.15) is 101 Å². The Morgan fingerprint density at radius 1 is 1.12 bits per heavy atom. The van der Waals surface area contributed by atoms with Gasteiger partial charge in [0, 0.05) is 0 Å². The van der Waals surface area contributed by atoms with Crippen LogP contribution in [0.3, 0.4) is 0 Å². The molecule has 0 aromatic rings. The van der Waals surface area contributed by atoms with Crippen LogP contribution < -0.4 is 0 Å². The molecule has 0 spiro atoms. The molecule has 1 aliphatic carbocycles. The van der Waals surface area contributed by atoms with E-state index in [1.54, 1.807) is 0 Å². The van der Waals surface area contributed by atoms with Crippen molar-refractivity contribution in [1.29, 1.82) is 0 Å². The standard InChI is InChI=1S/C25H48/c1-12-15-19(6)25(14-3,21(8)17(4)13-2)23-16-18(5)20(7)22(9)24(23,10)11/h17,19-23H,5,12-16H2,1-4,6-11H3. The van der Waals surface area contributed by atoms with Crippen molar-refractivity contribution in [3.8, 4) is 0 Å². The summed E-state index contributed by atoms with van der Waals surface area (Å²) in [4.78, 5) is 0. The Morgan fingerprint density at radius 2 is 1.68 bits per heavy atom. The van der Waals surface area contributed by atoms with Crippen molar-refractivity contribution in [1.82, 2.24) is 0 Å². The second-order valence-electron chi connectivity index (χ2n) is 10.1. The van der Waals surface area contributed by atoms with E-state index >= 15 is 0 Å². The zero-order chi connectivity index (χ0) is 19.6.